The van der Waals surface area contributed by atoms with Gasteiger partial charge in [0.15, 0.2) is 0 Å². The van der Waals surface area contributed by atoms with E-state index in [1.165, 1.54) is 6.92 Å². The maximum absolute atomic E-state index is 10.8. The summed E-state index contributed by atoms with van der Waals surface area (Å²) >= 11 is 0. The maximum atomic E-state index is 10.8. The van der Waals surface area contributed by atoms with Crippen molar-refractivity contribution in [1.82, 2.24) is 0 Å². The van der Waals surface area contributed by atoms with Crippen LogP contribution < -0.4 is 0 Å². The summed E-state index contributed by atoms with van der Waals surface area (Å²) in [5.41, 5.74) is 1.09. The monoisotopic (exact) mass is 248 g/mol. The number of rotatable bonds is 5. The molecule has 3 nitrogen and oxygen atoms in total. The van der Waals surface area contributed by atoms with Crippen LogP contribution in [-0.2, 0) is 14.3 Å². The van der Waals surface area contributed by atoms with Crippen molar-refractivity contribution >= 4 is 5.97 Å². The quantitative estimate of drug-likeness (QED) is 0.426. The van der Waals surface area contributed by atoms with E-state index in [-0.39, 0.29) is 11.4 Å². The molecule has 2 aliphatic rings. The number of carbonyl (C=O) groups excluding carboxylic acids is 1. The number of hydrogen-bond donors (Lipinski definition) is 0. The molecule has 1 fully saturated rings. The molecular weight excluding hydrogens is 228 g/mol. The molecule has 0 bridgehead atoms. The SMILES string of the molecule is CC(=O)OCC1=CC(C)(/C=C\CC2CO2)CC=C1. The van der Waals surface area contributed by atoms with E-state index >= 15 is 0 Å². The number of carbonyl (C=O) groups is 1. The molecule has 1 saturated heterocycles. The van der Waals surface area contributed by atoms with Crippen LogP contribution in [0.25, 0.3) is 0 Å². The van der Waals surface area contributed by atoms with E-state index in [4.69, 9.17) is 9.47 Å². The van der Waals surface area contributed by atoms with Gasteiger partial charge in [0.2, 0.25) is 0 Å². The summed E-state index contributed by atoms with van der Waals surface area (Å²) in [5, 5.41) is 0. The predicted octanol–water partition coefficient (Wildman–Crippen LogP) is 2.79. The highest BCUT2D eigenvalue weighted by Crippen LogP contribution is 2.32. The van der Waals surface area contributed by atoms with Gasteiger partial charge in [-0.1, -0.05) is 37.3 Å². The molecule has 1 aliphatic carbocycles. The van der Waals surface area contributed by atoms with Crippen molar-refractivity contribution in [2.75, 3.05) is 13.2 Å². The summed E-state index contributed by atoms with van der Waals surface area (Å²) in [7, 11) is 0. The Morgan fingerprint density at radius 2 is 2.44 bits per heavy atom. The highest BCUT2D eigenvalue weighted by atomic mass is 16.6. The Labute approximate surface area is 108 Å². The van der Waals surface area contributed by atoms with Gasteiger partial charge in [-0.3, -0.25) is 4.79 Å². The van der Waals surface area contributed by atoms with Crippen LogP contribution in [0.1, 0.15) is 26.7 Å². The summed E-state index contributed by atoms with van der Waals surface area (Å²) in [6.07, 6.45) is 13.2. The van der Waals surface area contributed by atoms with Gasteiger partial charge in [-0.25, -0.2) is 0 Å². The second kappa shape index (κ2) is 5.53. The van der Waals surface area contributed by atoms with Gasteiger partial charge in [0.25, 0.3) is 0 Å². The van der Waals surface area contributed by atoms with Crippen LogP contribution in [0.4, 0.5) is 0 Å². The average Bonchev–Trinajstić information content (AvgIpc) is 3.10. The molecule has 18 heavy (non-hydrogen) atoms. The molecule has 0 spiro atoms. The lowest BCUT2D eigenvalue weighted by molar-refractivity contribution is -0.139. The fourth-order valence-corrected chi connectivity index (χ4v) is 2.08. The van der Waals surface area contributed by atoms with Gasteiger partial charge in [-0.2, -0.15) is 0 Å². The van der Waals surface area contributed by atoms with Gasteiger partial charge in [0, 0.05) is 12.3 Å². The molecule has 0 aromatic heterocycles. The van der Waals surface area contributed by atoms with Gasteiger partial charge >= 0.3 is 5.97 Å². The summed E-state index contributed by atoms with van der Waals surface area (Å²) in [6.45, 7) is 4.88. The van der Waals surface area contributed by atoms with Crippen molar-refractivity contribution < 1.29 is 14.3 Å². The van der Waals surface area contributed by atoms with E-state index in [1.54, 1.807) is 0 Å². The van der Waals surface area contributed by atoms with E-state index < -0.39 is 0 Å². The molecule has 98 valence electrons. The molecule has 3 heteroatoms. The summed E-state index contributed by atoms with van der Waals surface area (Å²) in [5.74, 6) is -0.238. The van der Waals surface area contributed by atoms with E-state index in [0.29, 0.717) is 12.7 Å². The zero-order valence-corrected chi connectivity index (χ0v) is 11.0. The zero-order chi connectivity index (χ0) is 13.0. The molecule has 0 saturated carbocycles. The average molecular weight is 248 g/mol. The smallest absolute Gasteiger partial charge is 0.302 e. The molecule has 1 aliphatic heterocycles. The first-order valence-electron chi connectivity index (χ1n) is 6.38. The lowest BCUT2D eigenvalue weighted by atomic mass is 9.81. The van der Waals surface area contributed by atoms with Crippen molar-refractivity contribution in [2.45, 2.75) is 32.8 Å². The number of esters is 1. The Morgan fingerprint density at radius 1 is 1.67 bits per heavy atom. The van der Waals surface area contributed by atoms with Crippen molar-refractivity contribution in [1.29, 1.82) is 0 Å². The molecule has 2 atom stereocenters. The van der Waals surface area contributed by atoms with Crippen molar-refractivity contribution in [3.05, 3.63) is 36.0 Å². The standard InChI is InChI=1S/C15H20O3/c1-12(16)17-10-13-5-3-7-15(2,9-13)8-4-6-14-11-18-14/h3-5,8-9,14H,6-7,10-11H2,1-2H3/b8-4-. The van der Waals surface area contributed by atoms with Crippen molar-refractivity contribution in [3.63, 3.8) is 0 Å². The fourth-order valence-electron chi connectivity index (χ4n) is 2.08. The number of ether oxygens (including phenoxy) is 2. The third-order valence-electron chi connectivity index (χ3n) is 3.15. The van der Waals surface area contributed by atoms with Crippen LogP contribution in [0.3, 0.4) is 0 Å². The van der Waals surface area contributed by atoms with Crippen LogP contribution in [0.5, 0.6) is 0 Å². The lowest BCUT2D eigenvalue weighted by Gasteiger charge is -2.25. The maximum Gasteiger partial charge on any atom is 0.302 e. The molecule has 1 heterocycles. The highest BCUT2D eigenvalue weighted by molar-refractivity contribution is 5.66. The Hall–Kier alpha value is -1.35. The van der Waals surface area contributed by atoms with E-state index in [1.807, 2.05) is 6.08 Å². The lowest BCUT2D eigenvalue weighted by Crippen LogP contribution is -2.14. The van der Waals surface area contributed by atoms with Crippen LogP contribution in [0, 0.1) is 5.41 Å². The Kier molecular flexibility index (Phi) is 4.02. The fraction of sp³-hybridized carbons (Fsp3) is 0.533. The summed E-state index contributed by atoms with van der Waals surface area (Å²) < 4.78 is 10.2. The minimum Gasteiger partial charge on any atom is -0.461 e. The first-order chi connectivity index (χ1) is 8.57. The van der Waals surface area contributed by atoms with Crippen LogP contribution >= 0.6 is 0 Å². The Morgan fingerprint density at radius 3 is 3.11 bits per heavy atom. The molecule has 0 radical (unpaired) electrons. The molecular formula is C15H20O3. The van der Waals surface area contributed by atoms with Gasteiger partial charge in [0.1, 0.15) is 6.61 Å². The molecule has 0 N–H and O–H groups in total. The molecule has 2 rings (SSSR count). The minimum absolute atomic E-state index is 0.0269. The number of hydrogen-bond acceptors (Lipinski definition) is 3. The van der Waals surface area contributed by atoms with E-state index in [0.717, 1.165) is 25.0 Å². The highest BCUT2D eigenvalue weighted by Gasteiger charge is 2.23. The first-order valence-corrected chi connectivity index (χ1v) is 6.38. The Bertz CT molecular complexity index is 402. The van der Waals surface area contributed by atoms with Gasteiger partial charge < -0.3 is 9.47 Å². The van der Waals surface area contributed by atoms with Crippen molar-refractivity contribution in [2.24, 2.45) is 5.41 Å². The third-order valence-corrected chi connectivity index (χ3v) is 3.15. The summed E-state index contributed by atoms with van der Waals surface area (Å²) in [6, 6.07) is 0. The topological polar surface area (TPSA) is 38.8 Å². The van der Waals surface area contributed by atoms with Gasteiger partial charge in [0.05, 0.1) is 12.7 Å². The minimum atomic E-state index is -0.238. The predicted molar refractivity (Wildman–Crippen MR) is 70.1 cm³/mol. The van der Waals surface area contributed by atoms with E-state index in [2.05, 4.69) is 31.2 Å². The Balaban J connectivity index is 1.92. The second-order valence-corrected chi connectivity index (χ2v) is 5.21. The van der Waals surface area contributed by atoms with Crippen LogP contribution in [-0.4, -0.2) is 25.3 Å². The zero-order valence-electron chi connectivity index (χ0n) is 11.0. The second-order valence-electron chi connectivity index (χ2n) is 5.21. The van der Waals surface area contributed by atoms with Crippen LogP contribution in [0.2, 0.25) is 0 Å². The normalized spacial score (nSPS) is 30.3. The number of epoxide rings is 1. The van der Waals surface area contributed by atoms with Crippen LogP contribution in [0.15, 0.2) is 36.0 Å². The van der Waals surface area contributed by atoms with Crippen molar-refractivity contribution in [3.8, 4) is 0 Å². The van der Waals surface area contributed by atoms with Gasteiger partial charge in [-0.05, 0) is 18.4 Å². The van der Waals surface area contributed by atoms with E-state index in [9.17, 15) is 4.79 Å². The molecule has 0 amide bonds. The molecule has 0 aromatic rings. The van der Waals surface area contributed by atoms with Gasteiger partial charge in [-0.15, -0.1) is 0 Å². The molecule has 0 aromatic carbocycles. The largest absolute Gasteiger partial charge is 0.461 e. The summed E-state index contributed by atoms with van der Waals surface area (Å²) in [4.78, 5) is 10.8. The third kappa shape index (κ3) is 4.15. The number of allylic oxidation sites excluding steroid dienone is 3. The molecule has 2 unspecified atom stereocenters. The first kappa shape index (κ1) is 13.1.